The smallest absolute Gasteiger partial charge is 0.213 e. The maximum Gasteiger partial charge on any atom is 0.213 e. The zero-order valence-electron chi connectivity index (χ0n) is 20.2. The van der Waals surface area contributed by atoms with Crippen LogP contribution < -0.4 is 33.4 Å². The largest absolute Gasteiger partial charge is 1.00 e. The van der Waals surface area contributed by atoms with E-state index in [0.29, 0.717) is 0 Å². The van der Waals surface area contributed by atoms with Crippen molar-refractivity contribution < 1.29 is 28.5 Å². The molecule has 3 aromatic carbocycles. The van der Waals surface area contributed by atoms with Gasteiger partial charge in [-0.15, -0.1) is 0 Å². The van der Waals surface area contributed by atoms with Crippen molar-refractivity contribution in [1.29, 1.82) is 0 Å². The van der Waals surface area contributed by atoms with E-state index in [-0.39, 0.29) is 24.0 Å². The van der Waals surface area contributed by atoms with Gasteiger partial charge in [0, 0.05) is 51.5 Å². The van der Waals surface area contributed by atoms with Crippen LogP contribution >= 0.6 is 31.9 Å². The molecule has 1 heterocycles. The Balaban J connectivity index is 0.00000342. The third kappa shape index (κ3) is 6.83. The fourth-order valence-electron chi connectivity index (χ4n) is 4.14. The summed E-state index contributed by atoms with van der Waals surface area (Å²) in [6.45, 7) is 6.42. The Morgan fingerprint density at radius 3 is 2.03 bits per heavy atom. The summed E-state index contributed by atoms with van der Waals surface area (Å²) in [7, 11) is 2.13. The first-order valence-corrected chi connectivity index (χ1v) is 13.2. The molecule has 0 radical (unpaired) electrons. The van der Waals surface area contributed by atoms with Crippen LogP contribution in [0.25, 0.3) is 34.5 Å². The second-order valence-corrected chi connectivity index (χ2v) is 10.1. The number of hydrogen-bond donors (Lipinski definition) is 0. The molecule has 0 unspecified atom stereocenters. The monoisotopic (exact) mass is 702 g/mol. The van der Waals surface area contributed by atoms with Crippen LogP contribution in [0.2, 0.25) is 0 Å². The van der Waals surface area contributed by atoms with Gasteiger partial charge in [0.15, 0.2) is 0 Å². The van der Waals surface area contributed by atoms with Crippen molar-refractivity contribution in [3.63, 3.8) is 0 Å². The molecule has 0 fully saturated rings. The third-order valence-electron chi connectivity index (χ3n) is 6.11. The summed E-state index contributed by atoms with van der Waals surface area (Å²) in [5, 5.41) is 0. The van der Waals surface area contributed by atoms with Crippen LogP contribution in [0, 0.1) is 0 Å². The second-order valence-electron chi connectivity index (χ2n) is 8.23. The minimum atomic E-state index is 0. The summed E-state index contributed by atoms with van der Waals surface area (Å²) >= 11 is 7.18. The van der Waals surface area contributed by atoms with Crippen molar-refractivity contribution in [3.05, 3.63) is 105 Å². The highest BCUT2D eigenvalue weighted by molar-refractivity contribution is 9.10. The number of halogens is 3. The molecule has 0 saturated heterocycles. The third-order valence-corrected chi connectivity index (χ3v) is 7.13. The zero-order valence-corrected chi connectivity index (χ0v) is 25.5. The molecule has 180 valence electrons. The molecule has 4 rings (SSSR count). The maximum atomic E-state index is 3.63. The lowest BCUT2D eigenvalue weighted by Gasteiger charge is -2.20. The van der Waals surface area contributed by atoms with E-state index >= 15 is 0 Å². The van der Waals surface area contributed by atoms with Crippen LogP contribution in [0.15, 0.2) is 93.9 Å². The van der Waals surface area contributed by atoms with Gasteiger partial charge in [-0.3, -0.25) is 0 Å². The first kappa shape index (κ1) is 27.6. The quantitative estimate of drug-likeness (QED) is 0.185. The summed E-state index contributed by atoms with van der Waals surface area (Å²) in [6.07, 6.45) is 4.40. The van der Waals surface area contributed by atoms with Crippen LogP contribution in [0.5, 0.6) is 0 Å². The van der Waals surface area contributed by atoms with Gasteiger partial charge >= 0.3 is 0 Å². The normalized spacial score (nSPS) is 10.9. The number of aromatic nitrogens is 1. The van der Waals surface area contributed by atoms with E-state index in [1.165, 1.54) is 33.6 Å². The summed E-state index contributed by atoms with van der Waals surface area (Å²) < 4.78 is 4.41. The number of anilines is 1. The molecule has 0 atom stereocenters. The average molecular weight is 704 g/mol. The fraction of sp³-hybridized carbons (Fsp3) is 0.167. The van der Waals surface area contributed by atoms with E-state index in [9.17, 15) is 0 Å². The molecule has 0 aliphatic heterocycles. The van der Waals surface area contributed by atoms with E-state index < -0.39 is 0 Å². The van der Waals surface area contributed by atoms with Gasteiger partial charge in [-0.05, 0) is 79.1 Å². The van der Waals surface area contributed by atoms with Crippen molar-refractivity contribution in [3.8, 4) is 22.4 Å². The van der Waals surface area contributed by atoms with Gasteiger partial charge in [0.1, 0.15) is 7.05 Å². The number of nitrogens with zero attached hydrogens (tertiary/aromatic N) is 2. The highest BCUT2D eigenvalue weighted by Crippen LogP contribution is 2.28. The molecular weight excluding hydrogens is 675 g/mol. The molecule has 0 spiro atoms. The van der Waals surface area contributed by atoms with Crippen molar-refractivity contribution in [1.82, 2.24) is 0 Å². The highest BCUT2D eigenvalue weighted by atomic mass is 127. The summed E-state index contributed by atoms with van der Waals surface area (Å²) in [6, 6.07) is 30.3. The molecule has 0 aliphatic carbocycles. The van der Waals surface area contributed by atoms with Gasteiger partial charge in [0.2, 0.25) is 11.4 Å². The van der Waals surface area contributed by atoms with Gasteiger partial charge < -0.3 is 28.9 Å². The molecule has 4 aromatic rings. The fourth-order valence-corrected chi connectivity index (χ4v) is 4.80. The molecule has 0 aliphatic rings. The Labute approximate surface area is 243 Å². The van der Waals surface area contributed by atoms with Crippen molar-refractivity contribution >= 4 is 49.7 Å². The standard InChI is InChI=1S/C30H29Br2N2.HI/c1-4-34(5-2)28-16-9-22(10-17-28)11-18-29-20-25(23-12-14-26(31)15-13-23)21-30(33(29)3)24-7-6-8-27(32)19-24;/h6-21H,4-5H2,1-3H3;1H/q+1;/p-1. The zero-order chi connectivity index (χ0) is 24.1. The Morgan fingerprint density at radius 1 is 0.714 bits per heavy atom. The van der Waals surface area contributed by atoms with Gasteiger partial charge in [-0.25, -0.2) is 0 Å². The molecule has 0 bridgehead atoms. The molecule has 5 heteroatoms. The van der Waals surface area contributed by atoms with E-state index in [1.807, 2.05) is 0 Å². The molecule has 2 nitrogen and oxygen atoms in total. The van der Waals surface area contributed by atoms with Crippen molar-refractivity contribution in [2.45, 2.75) is 13.8 Å². The van der Waals surface area contributed by atoms with E-state index in [4.69, 9.17) is 0 Å². The van der Waals surface area contributed by atoms with Crippen LogP contribution in [0.1, 0.15) is 25.1 Å². The topological polar surface area (TPSA) is 7.12 Å². The van der Waals surface area contributed by atoms with E-state index in [2.05, 4.69) is 159 Å². The minimum absolute atomic E-state index is 0. The van der Waals surface area contributed by atoms with Crippen molar-refractivity contribution in [2.75, 3.05) is 18.0 Å². The number of rotatable bonds is 7. The Bertz CT molecular complexity index is 1300. The predicted molar refractivity (Wildman–Crippen MR) is 153 cm³/mol. The van der Waals surface area contributed by atoms with Gasteiger partial charge in [-0.1, -0.05) is 62.2 Å². The Morgan fingerprint density at radius 2 is 1.40 bits per heavy atom. The molecule has 0 N–H and O–H groups in total. The van der Waals surface area contributed by atoms with Crippen molar-refractivity contribution in [2.24, 2.45) is 7.05 Å². The SMILES string of the molecule is CCN(CC)c1ccc(/C=C/c2cc(-c3ccc(Br)cc3)cc(-c3cccc(Br)c3)[n+]2C)cc1.[I-]. The molecule has 1 aromatic heterocycles. The Hall–Kier alpha value is -1.96. The predicted octanol–water partition coefficient (Wildman–Crippen LogP) is 5.39. The first-order chi connectivity index (χ1) is 16.5. The van der Waals surface area contributed by atoms with Gasteiger partial charge in [0.05, 0.1) is 0 Å². The minimum Gasteiger partial charge on any atom is -1.00 e. The van der Waals surface area contributed by atoms with Gasteiger partial charge in [-0.2, -0.15) is 4.57 Å². The summed E-state index contributed by atoms with van der Waals surface area (Å²) in [4.78, 5) is 2.36. The lowest BCUT2D eigenvalue weighted by Crippen LogP contribution is -3.00. The number of pyridine rings is 1. The first-order valence-electron chi connectivity index (χ1n) is 11.6. The molecule has 35 heavy (non-hydrogen) atoms. The highest BCUT2D eigenvalue weighted by Gasteiger charge is 2.17. The lowest BCUT2D eigenvalue weighted by atomic mass is 10.0. The number of hydrogen-bond acceptors (Lipinski definition) is 1. The molecule has 0 amide bonds. The molecule has 0 saturated carbocycles. The van der Waals surface area contributed by atoms with E-state index in [1.54, 1.807) is 0 Å². The number of benzene rings is 3. The van der Waals surface area contributed by atoms with Gasteiger partial charge in [0.25, 0.3) is 0 Å². The molecular formula is C30H29Br2IN2. The maximum absolute atomic E-state index is 3.63. The van der Waals surface area contributed by atoms with Crippen LogP contribution in [0.4, 0.5) is 5.69 Å². The van der Waals surface area contributed by atoms with Crippen LogP contribution in [-0.4, -0.2) is 13.1 Å². The summed E-state index contributed by atoms with van der Waals surface area (Å²) in [5.74, 6) is 0. The second kappa shape index (κ2) is 12.8. The Kier molecular flexibility index (Phi) is 10.1. The van der Waals surface area contributed by atoms with Crippen LogP contribution in [0.3, 0.4) is 0 Å². The van der Waals surface area contributed by atoms with Crippen LogP contribution in [-0.2, 0) is 7.05 Å². The average Bonchev–Trinajstić information content (AvgIpc) is 2.85. The summed E-state index contributed by atoms with van der Waals surface area (Å²) in [5.41, 5.74) is 8.32. The lowest BCUT2D eigenvalue weighted by molar-refractivity contribution is -0.662. The van der Waals surface area contributed by atoms with E-state index in [0.717, 1.165) is 27.7 Å².